The Kier molecular flexibility index (Phi) is 5.95. The summed E-state index contributed by atoms with van der Waals surface area (Å²) in [6.45, 7) is 12.2. The summed E-state index contributed by atoms with van der Waals surface area (Å²) in [5.41, 5.74) is 4.01. The fourth-order valence-electron chi connectivity index (χ4n) is 1.98. The molecule has 1 aromatic rings. The molecule has 1 aromatic carbocycles. The van der Waals surface area contributed by atoms with Crippen LogP contribution in [0.1, 0.15) is 25.0 Å². The van der Waals surface area contributed by atoms with Crippen LogP contribution in [0.4, 0.5) is 0 Å². The molecule has 0 aliphatic heterocycles. The number of nitrogens with one attached hydrogen (secondary N) is 1. The van der Waals surface area contributed by atoms with Crippen LogP contribution < -0.4 is 5.32 Å². The van der Waals surface area contributed by atoms with Crippen LogP contribution in [0.25, 0.3) is 0 Å². The Morgan fingerprint density at radius 2 is 1.94 bits per heavy atom. The zero-order chi connectivity index (χ0) is 12.7. The molecule has 0 heterocycles. The van der Waals surface area contributed by atoms with Crippen LogP contribution in [-0.2, 0) is 13.1 Å². The Hall–Kier alpha value is -1.12. The van der Waals surface area contributed by atoms with E-state index in [4.69, 9.17) is 0 Å². The molecule has 17 heavy (non-hydrogen) atoms. The highest BCUT2D eigenvalue weighted by Gasteiger charge is 2.06. The molecule has 2 heteroatoms. The molecule has 0 unspecified atom stereocenters. The standard InChI is InChI=1S/C15H24N2/c1-5-17(11-13(2)3)12-15-9-7-6-8-14(15)10-16-4/h6-9,16H,2,5,10-12H2,1,3-4H3. The van der Waals surface area contributed by atoms with Gasteiger partial charge in [0.05, 0.1) is 0 Å². The molecule has 0 aliphatic carbocycles. The maximum Gasteiger partial charge on any atom is 0.0240 e. The lowest BCUT2D eigenvalue weighted by Gasteiger charge is -2.22. The maximum absolute atomic E-state index is 3.99. The molecule has 0 atom stereocenters. The topological polar surface area (TPSA) is 15.3 Å². The molecule has 0 saturated carbocycles. The zero-order valence-corrected chi connectivity index (χ0v) is 11.3. The van der Waals surface area contributed by atoms with E-state index in [0.29, 0.717) is 0 Å². The Bertz CT molecular complexity index is 358. The van der Waals surface area contributed by atoms with Gasteiger partial charge in [-0.15, -0.1) is 0 Å². The van der Waals surface area contributed by atoms with Crippen molar-refractivity contribution in [3.63, 3.8) is 0 Å². The minimum Gasteiger partial charge on any atom is -0.316 e. The van der Waals surface area contributed by atoms with E-state index in [2.05, 4.69) is 54.9 Å². The lowest BCUT2D eigenvalue weighted by atomic mass is 10.1. The van der Waals surface area contributed by atoms with Crippen LogP contribution in [0.5, 0.6) is 0 Å². The van der Waals surface area contributed by atoms with E-state index in [1.807, 2.05) is 7.05 Å². The number of hydrogen-bond acceptors (Lipinski definition) is 2. The first kappa shape index (κ1) is 13.9. The summed E-state index contributed by atoms with van der Waals surface area (Å²) in [6.07, 6.45) is 0. The Balaban J connectivity index is 2.74. The summed E-state index contributed by atoms with van der Waals surface area (Å²) in [6, 6.07) is 8.63. The first-order chi connectivity index (χ1) is 8.17. The average Bonchev–Trinajstić information content (AvgIpc) is 2.30. The molecule has 0 aromatic heterocycles. The lowest BCUT2D eigenvalue weighted by molar-refractivity contribution is 0.303. The van der Waals surface area contributed by atoms with Crippen LogP contribution in [0.2, 0.25) is 0 Å². The number of benzene rings is 1. The highest BCUT2D eigenvalue weighted by atomic mass is 15.1. The van der Waals surface area contributed by atoms with E-state index >= 15 is 0 Å². The van der Waals surface area contributed by atoms with Gasteiger partial charge >= 0.3 is 0 Å². The van der Waals surface area contributed by atoms with Gasteiger partial charge < -0.3 is 5.32 Å². The van der Waals surface area contributed by atoms with Crippen molar-refractivity contribution in [1.82, 2.24) is 10.2 Å². The van der Waals surface area contributed by atoms with Crippen molar-refractivity contribution in [3.05, 3.63) is 47.5 Å². The van der Waals surface area contributed by atoms with E-state index in [-0.39, 0.29) is 0 Å². The third-order valence-electron chi connectivity index (χ3n) is 2.82. The zero-order valence-electron chi connectivity index (χ0n) is 11.3. The number of likely N-dealkylation sites (N-methyl/N-ethyl adjacent to an activating group) is 1. The quantitative estimate of drug-likeness (QED) is 0.727. The Morgan fingerprint density at radius 3 is 2.47 bits per heavy atom. The third kappa shape index (κ3) is 4.72. The lowest BCUT2D eigenvalue weighted by Crippen LogP contribution is -2.25. The second-order valence-electron chi connectivity index (χ2n) is 4.56. The fourth-order valence-corrected chi connectivity index (χ4v) is 1.98. The highest BCUT2D eigenvalue weighted by Crippen LogP contribution is 2.12. The Labute approximate surface area is 105 Å². The summed E-state index contributed by atoms with van der Waals surface area (Å²) in [7, 11) is 1.99. The van der Waals surface area contributed by atoms with Crippen molar-refractivity contribution in [2.75, 3.05) is 20.1 Å². The predicted octanol–water partition coefficient (Wildman–Crippen LogP) is 2.80. The van der Waals surface area contributed by atoms with Crippen molar-refractivity contribution >= 4 is 0 Å². The Morgan fingerprint density at radius 1 is 1.29 bits per heavy atom. The molecule has 0 saturated heterocycles. The van der Waals surface area contributed by atoms with Gasteiger partial charge in [0.1, 0.15) is 0 Å². The van der Waals surface area contributed by atoms with Gasteiger partial charge in [-0.05, 0) is 31.6 Å². The molecule has 1 rings (SSSR count). The van der Waals surface area contributed by atoms with Crippen LogP contribution >= 0.6 is 0 Å². The molecular weight excluding hydrogens is 208 g/mol. The second kappa shape index (κ2) is 7.25. The summed E-state index contributed by atoms with van der Waals surface area (Å²) >= 11 is 0. The van der Waals surface area contributed by atoms with E-state index in [1.54, 1.807) is 0 Å². The van der Waals surface area contributed by atoms with Gasteiger partial charge in [-0.25, -0.2) is 0 Å². The average molecular weight is 232 g/mol. The summed E-state index contributed by atoms with van der Waals surface area (Å²) in [4.78, 5) is 2.41. The normalized spacial score (nSPS) is 10.8. The van der Waals surface area contributed by atoms with Gasteiger partial charge in [-0.3, -0.25) is 4.90 Å². The number of rotatable bonds is 7. The van der Waals surface area contributed by atoms with Gasteiger partial charge in [0, 0.05) is 19.6 Å². The monoisotopic (exact) mass is 232 g/mol. The second-order valence-corrected chi connectivity index (χ2v) is 4.56. The van der Waals surface area contributed by atoms with E-state index < -0.39 is 0 Å². The van der Waals surface area contributed by atoms with Gasteiger partial charge in [-0.2, -0.15) is 0 Å². The molecule has 0 amide bonds. The first-order valence-corrected chi connectivity index (χ1v) is 6.25. The first-order valence-electron chi connectivity index (χ1n) is 6.25. The summed E-state index contributed by atoms with van der Waals surface area (Å²) in [5.74, 6) is 0. The van der Waals surface area contributed by atoms with Crippen LogP contribution in [-0.4, -0.2) is 25.0 Å². The van der Waals surface area contributed by atoms with Crippen molar-refractivity contribution in [2.45, 2.75) is 26.9 Å². The van der Waals surface area contributed by atoms with E-state index in [0.717, 1.165) is 26.2 Å². The fraction of sp³-hybridized carbons (Fsp3) is 0.467. The summed E-state index contributed by atoms with van der Waals surface area (Å²) in [5, 5.41) is 3.22. The minimum absolute atomic E-state index is 0.931. The van der Waals surface area contributed by atoms with Crippen molar-refractivity contribution < 1.29 is 0 Å². The van der Waals surface area contributed by atoms with E-state index in [1.165, 1.54) is 16.7 Å². The molecule has 0 fully saturated rings. The van der Waals surface area contributed by atoms with Crippen LogP contribution in [0.3, 0.4) is 0 Å². The van der Waals surface area contributed by atoms with Gasteiger partial charge in [0.15, 0.2) is 0 Å². The van der Waals surface area contributed by atoms with Crippen LogP contribution in [0, 0.1) is 0 Å². The van der Waals surface area contributed by atoms with Gasteiger partial charge in [-0.1, -0.05) is 43.3 Å². The van der Waals surface area contributed by atoms with Crippen molar-refractivity contribution in [1.29, 1.82) is 0 Å². The maximum atomic E-state index is 3.99. The number of hydrogen-bond donors (Lipinski definition) is 1. The highest BCUT2D eigenvalue weighted by molar-refractivity contribution is 5.27. The molecule has 0 bridgehead atoms. The van der Waals surface area contributed by atoms with Gasteiger partial charge in [0.25, 0.3) is 0 Å². The molecule has 1 N–H and O–H groups in total. The largest absolute Gasteiger partial charge is 0.316 e. The smallest absolute Gasteiger partial charge is 0.0240 e. The van der Waals surface area contributed by atoms with Crippen molar-refractivity contribution in [2.24, 2.45) is 0 Å². The SMILES string of the molecule is C=C(C)CN(CC)Cc1ccccc1CNC. The number of nitrogens with zero attached hydrogens (tertiary/aromatic N) is 1. The summed E-state index contributed by atoms with van der Waals surface area (Å²) < 4.78 is 0. The van der Waals surface area contributed by atoms with Gasteiger partial charge in [0.2, 0.25) is 0 Å². The third-order valence-corrected chi connectivity index (χ3v) is 2.82. The molecule has 0 aliphatic rings. The predicted molar refractivity (Wildman–Crippen MR) is 75.0 cm³/mol. The molecule has 2 nitrogen and oxygen atoms in total. The minimum atomic E-state index is 0.931. The van der Waals surface area contributed by atoms with Crippen molar-refractivity contribution in [3.8, 4) is 0 Å². The molecule has 0 spiro atoms. The molecule has 94 valence electrons. The van der Waals surface area contributed by atoms with E-state index in [9.17, 15) is 0 Å². The molecule has 0 radical (unpaired) electrons. The molecular formula is C15H24N2. The van der Waals surface area contributed by atoms with Crippen LogP contribution in [0.15, 0.2) is 36.4 Å².